The molecular weight excluding hydrogens is 288 g/mol. The van der Waals surface area contributed by atoms with Crippen LogP contribution in [0.1, 0.15) is 30.8 Å². The highest BCUT2D eigenvalue weighted by Gasteiger charge is 2.16. The van der Waals surface area contributed by atoms with E-state index in [-0.39, 0.29) is 18.4 Å². The van der Waals surface area contributed by atoms with Gasteiger partial charge in [-0.2, -0.15) is 0 Å². The molecule has 1 amide bonds. The highest BCUT2D eigenvalue weighted by atomic mass is 32.1. The van der Waals surface area contributed by atoms with Gasteiger partial charge in [0.25, 0.3) is 5.91 Å². The van der Waals surface area contributed by atoms with Gasteiger partial charge in [-0.3, -0.25) is 4.79 Å². The summed E-state index contributed by atoms with van der Waals surface area (Å²) >= 11 is 1.32. The van der Waals surface area contributed by atoms with Gasteiger partial charge in [0, 0.05) is 24.3 Å². The monoisotopic (exact) mass is 306 g/mol. The van der Waals surface area contributed by atoms with Gasteiger partial charge in [-0.15, -0.1) is 11.3 Å². The summed E-state index contributed by atoms with van der Waals surface area (Å²) in [5.41, 5.74) is 0.318. The SMILES string of the molecule is CCC(C)C(O)CNC(=O)c1csc(-c2ncccn2)n1. The summed E-state index contributed by atoms with van der Waals surface area (Å²) in [7, 11) is 0. The number of aromatic nitrogens is 3. The van der Waals surface area contributed by atoms with Crippen LogP contribution < -0.4 is 5.32 Å². The number of aliphatic hydroxyl groups is 1. The van der Waals surface area contributed by atoms with E-state index in [1.54, 1.807) is 23.8 Å². The van der Waals surface area contributed by atoms with E-state index >= 15 is 0 Å². The number of nitrogens with zero attached hydrogens (tertiary/aromatic N) is 3. The van der Waals surface area contributed by atoms with Crippen LogP contribution in [0.15, 0.2) is 23.8 Å². The topological polar surface area (TPSA) is 88.0 Å². The summed E-state index contributed by atoms with van der Waals surface area (Å²) < 4.78 is 0. The largest absolute Gasteiger partial charge is 0.391 e. The number of aliphatic hydroxyl groups excluding tert-OH is 1. The molecule has 0 aliphatic rings. The number of hydrogen-bond acceptors (Lipinski definition) is 6. The summed E-state index contributed by atoms with van der Waals surface area (Å²) in [6.45, 7) is 4.18. The minimum absolute atomic E-state index is 0.147. The highest BCUT2D eigenvalue weighted by molar-refractivity contribution is 7.13. The fraction of sp³-hybridized carbons (Fsp3) is 0.429. The zero-order valence-electron chi connectivity index (χ0n) is 12.0. The summed E-state index contributed by atoms with van der Waals surface area (Å²) in [5.74, 6) is 0.353. The fourth-order valence-electron chi connectivity index (χ4n) is 1.65. The van der Waals surface area contributed by atoms with E-state index in [1.807, 2.05) is 13.8 Å². The van der Waals surface area contributed by atoms with Gasteiger partial charge in [0.05, 0.1) is 6.10 Å². The van der Waals surface area contributed by atoms with E-state index < -0.39 is 6.10 Å². The molecule has 0 bridgehead atoms. The lowest BCUT2D eigenvalue weighted by molar-refractivity contribution is 0.0846. The van der Waals surface area contributed by atoms with Gasteiger partial charge >= 0.3 is 0 Å². The van der Waals surface area contributed by atoms with E-state index in [2.05, 4.69) is 20.3 Å². The Hall–Kier alpha value is -1.86. The average Bonchev–Trinajstić information content (AvgIpc) is 3.02. The van der Waals surface area contributed by atoms with Crippen LogP contribution in [0.2, 0.25) is 0 Å². The second-order valence-corrected chi connectivity index (χ2v) is 5.63. The Morgan fingerprint density at radius 2 is 2.14 bits per heavy atom. The third kappa shape index (κ3) is 4.05. The molecule has 0 radical (unpaired) electrons. The first kappa shape index (κ1) is 15.5. The van der Waals surface area contributed by atoms with Gasteiger partial charge in [0.2, 0.25) is 0 Å². The predicted molar refractivity (Wildman–Crippen MR) is 80.9 cm³/mol. The quantitative estimate of drug-likeness (QED) is 0.848. The number of rotatable bonds is 6. The molecule has 0 aliphatic carbocycles. The molecule has 0 spiro atoms. The number of thiazole rings is 1. The standard InChI is InChI=1S/C14H18N4O2S/c1-3-9(2)11(19)7-17-13(20)10-8-21-14(18-10)12-15-5-4-6-16-12/h4-6,8-9,11,19H,3,7H2,1-2H3,(H,17,20). The second kappa shape index (κ2) is 7.24. The van der Waals surface area contributed by atoms with E-state index in [0.717, 1.165) is 6.42 Å². The van der Waals surface area contributed by atoms with Gasteiger partial charge in [-0.1, -0.05) is 20.3 Å². The zero-order chi connectivity index (χ0) is 15.2. The summed E-state index contributed by atoms with van der Waals surface area (Å²) in [5, 5.41) is 14.8. The molecular formula is C14H18N4O2S. The molecule has 2 heterocycles. The van der Waals surface area contributed by atoms with Crippen LogP contribution in [0, 0.1) is 5.92 Å². The number of amides is 1. The molecule has 7 heteroatoms. The van der Waals surface area contributed by atoms with Crippen LogP contribution in [0.4, 0.5) is 0 Å². The summed E-state index contributed by atoms with van der Waals surface area (Å²) in [6, 6.07) is 1.72. The van der Waals surface area contributed by atoms with E-state index in [9.17, 15) is 9.90 Å². The van der Waals surface area contributed by atoms with Crippen LogP contribution in [0.25, 0.3) is 10.8 Å². The zero-order valence-corrected chi connectivity index (χ0v) is 12.8. The lowest BCUT2D eigenvalue weighted by Crippen LogP contribution is -2.35. The maximum absolute atomic E-state index is 12.0. The maximum atomic E-state index is 12.0. The van der Waals surface area contributed by atoms with Crippen LogP contribution >= 0.6 is 11.3 Å². The number of carbonyl (C=O) groups excluding carboxylic acids is 1. The van der Waals surface area contributed by atoms with Crippen molar-refractivity contribution in [1.82, 2.24) is 20.3 Å². The maximum Gasteiger partial charge on any atom is 0.270 e. The minimum atomic E-state index is -0.547. The van der Waals surface area contributed by atoms with Crippen molar-refractivity contribution < 1.29 is 9.90 Å². The fourth-order valence-corrected chi connectivity index (χ4v) is 2.40. The van der Waals surface area contributed by atoms with Crippen molar-refractivity contribution >= 4 is 17.2 Å². The smallest absolute Gasteiger partial charge is 0.270 e. The van der Waals surface area contributed by atoms with Crippen molar-refractivity contribution in [3.63, 3.8) is 0 Å². The van der Waals surface area contributed by atoms with Gasteiger partial charge in [-0.05, 0) is 12.0 Å². The molecule has 2 N–H and O–H groups in total. The molecule has 2 atom stereocenters. The molecule has 0 aliphatic heterocycles. The Kier molecular flexibility index (Phi) is 5.35. The van der Waals surface area contributed by atoms with Crippen LogP contribution in [0.3, 0.4) is 0 Å². The van der Waals surface area contributed by atoms with Crippen LogP contribution in [0.5, 0.6) is 0 Å². The lowest BCUT2D eigenvalue weighted by atomic mass is 10.0. The Morgan fingerprint density at radius 3 is 2.81 bits per heavy atom. The van der Waals surface area contributed by atoms with Crippen LogP contribution in [-0.2, 0) is 0 Å². The third-order valence-electron chi connectivity index (χ3n) is 3.27. The van der Waals surface area contributed by atoms with Crippen molar-refractivity contribution in [2.45, 2.75) is 26.4 Å². The molecule has 2 aromatic rings. The van der Waals surface area contributed by atoms with Gasteiger partial charge in [0.15, 0.2) is 10.8 Å². The highest BCUT2D eigenvalue weighted by Crippen LogP contribution is 2.19. The van der Waals surface area contributed by atoms with Crippen molar-refractivity contribution in [3.8, 4) is 10.8 Å². The van der Waals surface area contributed by atoms with Gasteiger partial charge in [0.1, 0.15) is 5.69 Å². The molecule has 21 heavy (non-hydrogen) atoms. The Balaban J connectivity index is 1.97. The molecule has 112 valence electrons. The van der Waals surface area contributed by atoms with Gasteiger partial charge in [-0.25, -0.2) is 15.0 Å². The third-order valence-corrected chi connectivity index (χ3v) is 4.10. The molecule has 2 rings (SSSR count). The molecule has 0 saturated heterocycles. The number of hydrogen-bond donors (Lipinski definition) is 2. The molecule has 0 aromatic carbocycles. The van der Waals surface area contributed by atoms with E-state index in [4.69, 9.17) is 0 Å². The molecule has 2 unspecified atom stereocenters. The summed E-state index contributed by atoms with van der Waals surface area (Å²) in [4.78, 5) is 24.4. The first-order valence-corrected chi connectivity index (χ1v) is 7.69. The average molecular weight is 306 g/mol. The lowest BCUT2D eigenvalue weighted by Gasteiger charge is -2.17. The second-order valence-electron chi connectivity index (χ2n) is 4.77. The number of carbonyl (C=O) groups is 1. The molecule has 0 saturated carbocycles. The minimum Gasteiger partial charge on any atom is -0.391 e. The van der Waals surface area contributed by atoms with Crippen LogP contribution in [-0.4, -0.2) is 38.6 Å². The Labute approximate surface area is 127 Å². The van der Waals surface area contributed by atoms with Crippen molar-refractivity contribution in [2.24, 2.45) is 5.92 Å². The van der Waals surface area contributed by atoms with Crippen molar-refractivity contribution in [1.29, 1.82) is 0 Å². The number of nitrogens with one attached hydrogen (secondary N) is 1. The van der Waals surface area contributed by atoms with Crippen molar-refractivity contribution in [2.75, 3.05) is 6.54 Å². The Bertz CT molecular complexity index is 588. The first-order chi connectivity index (χ1) is 10.1. The normalized spacial score (nSPS) is 13.7. The van der Waals surface area contributed by atoms with Crippen molar-refractivity contribution in [3.05, 3.63) is 29.5 Å². The summed E-state index contributed by atoms with van der Waals surface area (Å²) in [6.07, 6.45) is 3.58. The molecule has 6 nitrogen and oxygen atoms in total. The van der Waals surface area contributed by atoms with Gasteiger partial charge < -0.3 is 10.4 Å². The molecule has 0 fully saturated rings. The van der Waals surface area contributed by atoms with E-state index in [1.165, 1.54) is 11.3 Å². The predicted octanol–water partition coefficient (Wildman–Crippen LogP) is 1.74. The Morgan fingerprint density at radius 1 is 1.43 bits per heavy atom. The van der Waals surface area contributed by atoms with E-state index in [0.29, 0.717) is 16.5 Å². The first-order valence-electron chi connectivity index (χ1n) is 6.81. The molecule has 2 aromatic heterocycles.